The van der Waals surface area contributed by atoms with Crippen LogP contribution in [0.4, 0.5) is 0 Å². The first-order chi connectivity index (χ1) is 10.3. The largest absolute Gasteiger partial charge is 0.390 e. The Bertz CT molecular complexity index is 655. The minimum atomic E-state index is -0.651. The first-order valence-electron chi connectivity index (χ1n) is 7.75. The van der Waals surface area contributed by atoms with Gasteiger partial charge in [-0.3, -0.25) is 4.79 Å². The molecule has 0 saturated carbocycles. The van der Waals surface area contributed by atoms with Gasteiger partial charge in [-0.1, -0.05) is 6.07 Å². The molecule has 1 amide bonds. The zero-order valence-corrected chi connectivity index (χ0v) is 13.8. The number of aryl methyl sites for hydroxylation is 1. The second kappa shape index (κ2) is 6.48. The summed E-state index contributed by atoms with van der Waals surface area (Å²) in [5.74, 6) is -0.142. The quantitative estimate of drug-likeness (QED) is 0.862. The topological polar surface area (TPSA) is 66.6 Å². The number of rotatable bonds is 6. The molecule has 0 aliphatic rings. The van der Waals surface area contributed by atoms with E-state index in [0.29, 0.717) is 5.69 Å². The highest BCUT2D eigenvalue weighted by Crippen LogP contribution is 2.14. The molecule has 0 aliphatic heterocycles. The fraction of sp³-hybridized carbons (Fsp3) is 0.529. The van der Waals surface area contributed by atoms with Gasteiger partial charge in [-0.2, -0.15) is 0 Å². The summed E-state index contributed by atoms with van der Waals surface area (Å²) in [5.41, 5.74) is 1.44. The summed E-state index contributed by atoms with van der Waals surface area (Å²) in [4.78, 5) is 16.8. The van der Waals surface area contributed by atoms with E-state index in [0.717, 1.165) is 30.6 Å². The van der Waals surface area contributed by atoms with E-state index in [1.807, 2.05) is 42.6 Å². The predicted octanol–water partition coefficient (Wildman–Crippen LogP) is 2.70. The molecule has 2 rings (SSSR count). The SMILES string of the molecule is Cc1c(C(=O)NC(C)CCCC(C)(C)O)nc2ccccn12. The number of nitrogens with one attached hydrogen (secondary N) is 1. The van der Waals surface area contributed by atoms with E-state index in [4.69, 9.17) is 0 Å². The number of nitrogens with zero attached hydrogens (tertiary/aromatic N) is 2. The molecule has 0 saturated heterocycles. The molecule has 5 nitrogen and oxygen atoms in total. The van der Waals surface area contributed by atoms with Crippen molar-refractivity contribution in [2.45, 2.75) is 58.6 Å². The van der Waals surface area contributed by atoms with Crippen molar-refractivity contribution in [2.24, 2.45) is 0 Å². The van der Waals surface area contributed by atoms with Crippen LogP contribution in [0.25, 0.3) is 5.65 Å². The van der Waals surface area contributed by atoms with Gasteiger partial charge in [0, 0.05) is 12.2 Å². The Labute approximate surface area is 131 Å². The average molecular weight is 303 g/mol. The van der Waals surface area contributed by atoms with Crippen molar-refractivity contribution < 1.29 is 9.90 Å². The molecule has 120 valence electrons. The molecule has 5 heteroatoms. The van der Waals surface area contributed by atoms with Crippen LogP contribution in [0.5, 0.6) is 0 Å². The first kappa shape index (κ1) is 16.5. The number of hydrogen-bond acceptors (Lipinski definition) is 3. The van der Waals surface area contributed by atoms with Crippen LogP contribution in [0.15, 0.2) is 24.4 Å². The third-order valence-electron chi connectivity index (χ3n) is 3.79. The molecule has 1 unspecified atom stereocenters. The fourth-order valence-corrected chi connectivity index (χ4v) is 2.54. The Kier molecular flexibility index (Phi) is 4.86. The zero-order valence-electron chi connectivity index (χ0n) is 13.8. The minimum absolute atomic E-state index is 0.0547. The van der Waals surface area contributed by atoms with Gasteiger partial charge in [0.05, 0.1) is 11.3 Å². The molecule has 0 bridgehead atoms. The monoisotopic (exact) mass is 303 g/mol. The van der Waals surface area contributed by atoms with Crippen molar-refractivity contribution >= 4 is 11.6 Å². The van der Waals surface area contributed by atoms with Gasteiger partial charge in [0.15, 0.2) is 0 Å². The van der Waals surface area contributed by atoms with Crippen LogP contribution in [0.2, 0.25) is 0 Å². The fourth-order valence-electron chi connectivity index (χ4n) is 2.54. The molecule has 0 aliphatic carbocycles. The molecule has 0 spiro atoms. The first-order valence-corrected chi connectivity index (χ1v) is 7.75. The highest BCUT2D eigenvalue weighted by molar-refractivity contribution is 5.94. The Morgan fingerprint density at radius 1 is 1.45 bits per heavy atom. The summed E-state index contributed by atoms with van der Waals surface area (Å²) in [6.07, 6.45) is 4.33. The summed E-state index contributed by atoms with van der Waals surface area (Å²) in [5, 5.41) is 12.7. The highest BCUT2D eigenvalue weighted by atomic mass is 16.3. The molecule has 2 N–H and O–H groups in total. The Morgan fingerprint density at radius 2 is 2.18 bits per heavy atom. The van der Waals surface area contributed by atoms with Crippen LogP contribution >= 0.6 is 0 Å². The number of pyridine rings is 1. The molecule has 2 aromatic heterocycles. The lowest BCUT2D eigenvalue weighted by atomic mass is 10.00. The second-order valence-electron chi connectivity index (χ2n) is 6.55. The number of imidazole rings is 1. The van der Waals surface area contributed by atoms with Crippen LogP contribution in [0.1, 0.15) is 56.2 Å². The van der Waals surface area contributed by atoms with Crippen LogP contribution < -0.4 is 5.32 Å². The number of carbonyl (C=O) groups is 1. The number of carbonyl (C=O) groups excluding carboxylic acids is 1. The highest BCUT2D eigenvalue weighted by Gasteiger charge is 2.18. The van der Waals surface area contributed by atoms with Gasteiger partial charge in [-0.25, -0.2) is 4.98 Å². The van der Waals surface area contributed by atoms with E-state index in [9.17, 15) is 9.90 Å². The van der Waals surface area contributed by atoms with Crippen LogP contribution in [-0.4, -0.2) is 32.0 Å². The van der Waals surface area contributed by atoms with E-state index in [2.05, 4.69) is 10.3 Å². The van der Waals surface area contributed by atoms with Crippen LogP contribution in [0.3, 0.4) is 0 Å². The predicted molar refractivity (Wildman–Crippen MR) is 87.0 cm³/mol. The third-order valence-corrected chi connectivity index (χ3v) is 3.79. The maximum absolute atomic E-state index is 12.4. The lowest BCUT2D eigenvalue weighted by Crippen LogP contribution is -2.33. The van der Waals surface area contributed by atoms with Crippen molar-refractivity contribution in [3.63, 3.8) is 0 Å². The maximum Gasteiger partial charge on any atom is 0.271 e. The van der Waals surface area contributed by atoms with Crippen molar-refractivity contribution in [1.82, 2.24) is 14.7 Å². The zero-order chi connectivity index (χ0) is 16.3. The van der Waals surface area contributed by atoms with Gasteiger partial charge in [0.25, 0.3) is 5.91 Å². The van der Waals surface area contributed by atoms with Gasteiger partial charge in [0.2, 0.25) is 0 Å². The summed E-state index contributed by atoms with van der Waals surface area (Å²) in [6.45, 7) is 7.48. The number of aromatic nitrogens is 2. The van der Waals surface area contributed by atoms with E-state index < -0.39 is 5.60 Å². The molecule has 0 fully saturated rings. The molecule has 1 atom stereocenters. The van der Waals surface area contributed by atoms with Crippen LogP contribution in [-0.2, 0) is 0 Å². The number of hydrogen-bond donors (Lipinski definition) is 2. The number of fused-ring (bicyclic) bond motifs is 1. The summed E-state index contributed by atoms with van der Waals surface area (Å²) in [6, 6.07) is 5.76. The standard InChI is InChI=1S/C17H25N3O2/c1-12(8-7-10-17(3,4)22)18-16(21)15-13(2)20-11-6-5-9-14(20)19-15/h5-6,9,11-12,22H,7-8,10H2,1-4H3,(H,18,21). The van der Waals surface area contributed by atoms with Crippen molar-refractivity contribution in [3.8, 4) is 0 Å². The second-order valence-corrected chi connectivity index (χ2v) is 6.55. The number of amides is 1. The lowest BCUT2D eigenvalue weighted by Gasteiger charge is -2.19. The summed E-state index contributed by atoms with van der Waals surface area (Å²) in [7, 11) is 0. The van der Waals surface area contributed by atoms with Crippen molar-refractivity contribution in [2.75, 3.05) is 0 Å². The maximum atomic E-state index is 12.4. The van der Waals surface area contributed by atoms with Gasteiger partial charge in [0.1, 0.15) is 11.3 Å². The lowest BCUT2D eigenvalue weighted by molar-refractivity contribution is 0.0674. The normalized spacial score (nSPS) is 13.3. The molecular formula is C17H25N3O2. The molecule has 0 radical (unpaired) electrons. The van der Waals surface area contributed by atoms with E-state index >= 15 is 0 Å². The van der Waals surface area contributed by atoms with Crippen molar-refractivity contribution in [1.29, 1.82) is 0 Å². The molecule has 2 aromatic rings. The molecule has 0 aromatic carbocycles. The molecule has 22 heavy (non-hydrogen) atoms. The average Bonchev–Trinajstić information content (AvgIpc) is 2.75. The van der Waals surface area contributed by atoms with E-state index in [1.54, 1.807) is 13.8 Å². The van der Waals surface area contributed by atoms with E-state index in [1.165, 1.54) is 0 Å². The van der Waals surface area contributed by atoms with Gasteiger partial charge < -0.3 is 14.8 Å². The Morgan fingerprint density at radius 3 is 2.82 bits per heavy atom. The summed E-state index contributed by atoms with van der Waals surface area (Å²) < 4.78 is 1.91. The van der Waals surface area contributed by atoms with Crippen LogP contribution in [0, 0.1) is 6.92 Å². The van der Waals surface area contributed by atoms with Gasteiger partial charge in [-0.15, -0.1) is 0 Å². The molecular weight excluding hydrogens is 278 g/mol. The summed E-state index contributed by atoms with van der Waals surface area (Å²) >= 11 is 0. The minimum Gasteiger partial charge on any atom is -0.390 e. The van der Waals surface area contributed by atoms with E-state index in [-0.39, 0.29) is 11.9 Å². The smallest absolute Gasteiger partial charge is 0.271 e. The van der Waals surface area contributed by atoms with Gasteiger partial charge >= 0.3 is 0 Å². The third kappa shape index (κ3) is 4.07. The molecule has 2 heterocycles. The van der Waals surface area contributed by atoms with Gasteiger partial charge in [-0.05, 0) is 59.1 Å². The number of aliphatic hydroxyl groups is 1. The Hall–Kier alpha value is -1.88. The Balaban J connectivity index is 1.97. The van der Waals surface area contributed by atoms with Crippen molar-refractivity contribution in [3.05, 3.63) is 35.8 Å².